The quantitative estimate of drug-likeness (QED) is 0.0381. The van der Waals surface area contributed by atoms with Crippen LogP contribution >= 0.6 is 0 Å². The van der Waals surface area contributed by atoms with Crippen LogP contribution in [0.2, 0.25) is 0 Å². The second-order valence-electron chi connectivity index (χ2n) is 16.2. The van der Waals surface area contributed by atoms with Crippen LogP contribution in [0.25, 0.3) is 0 Å². The molecule has 0 amide bonds. The predicted molar refractivity (Wildman–Crippen MR) is 228 cm³/mol. The first-order valence-corrected chi connectivity index (χ1v) is 23.7. The second-order valence-corrected chi connectivity index (χ2v) is 16.2. The molecule has 0 aromatic heterocycles. The van der Waals surface area contributed by atoms with Gasteiger partial charge in [-0.15, -0.1) is 0 Å². The zero-order chi connectivity index (χ0) is 38.6. The highest BCUT2D eigenvalue weighted by Gasteiger charge is 2.16. The van der Waals surface area contributed by atoms with Gasteiger partial charge in [-0.2, -0.15) is 0 Å². The highest BCUT2D eigenvalue weighted by Crippen LogP contribution is 2.17. The number of carbonyl (C=O) groups is 2. The van der Waals surface area contributed by atoms with Crippen LogP contribution in [0.1, 0.15) is 264 Å². The number of allylic oxidation sites excluding steroid dienone is 2. The van der Waals surface area contributed by atoms with Gasteiger partial charge in [0.1, 0.15) is 6.61 Å². The number of aliphatic hydroxyl groups excluding tert-OH is 1. The summed E-state index contributed by atoms with van der Waals surface area (Å²) in [6.45, 7) is 4.14. The van der Waals surface area contributed by atoms with Crippen LogP contribution < -0.4 is 0 Å². The van der Waals surface area contributed by atoms with Crippen LogP contribution in [0.15, 0.2) is 12.2 Å². The monoisotopic (exact) mass is 749 g/mol. The maximum absolute atomic E-state index is 12.2. The summed E-state index contributed by atoms with van der Waals surface area (Å²) in [5.41, 5.74) is 0. The maximum atomic E-state index is 12.2. The van der Waals surface area contributed by atoms with Crippen molar-refractivity contribution in [2.45, 2.75) is 270 Å². The molecule has 0 aromatic rings. The van der Waals surface area contributed by atoms with Gasteiger partial charge >= 0.3 is 11.9 Å². The van der Waals surface area contributed by atoms with E-state index < -0.39 is 6.10 Å². The van der Waals surface area contributed by atoms with Crippen LogP contribution in [0, 0.1) is 0 Å². The van der Waals surface area contributed by atoms with Crippen molar-refractivity contribution < 1.29 is 24.2 Å². The molecule has 0 fully saturated rings. The molecular formula is C48H92O5. The first-order chi connectivity index (χ1) is 26.1. The lowest BCUT2D eigenvalue weighted by molar-refractivity contribution is -0.161. The van der Waals surface area contributed by atoms with E-state index in [1.165, 1.54) is 199 Å². The summed E-state index contributed by atoms with van der Waals surface area (Å²) in [4.78, 5) is 24.3. The number of aliphatic hydroxyl groups is 1. The molecule has 5 heteroatoms. The highest BCUT2D eigenvalue weighted by molar-refractivity contribution is 5.70. The first kappa shape index (κ1) is 51.6. The van der Waals surface area contributed by atoms with Crippen molar-refractivity contribution in [3.8, 4) is 0 Å². The van der Waals surface area contributed by atoms with E-state index in [1.807, 2.05) is 0 Å². The molecule has 314 valence electrons. The molecule has 1 N–H and O–H groups in total. The molecular weight excluding hydrogens is 657 g/mol. The Morgan fingerprint density at radius 3 is 1.06 bits per heavy atom. The molecule has 0 heterocycles. The number of rotatable bonds is 44. The molecule has 0 aliphatic carbocycles. The van der Waals surface area contributed by atoms with Gasteiger partial charge in [-0.1, -0.05) is 225 Å². The van der Waals surface area contributed by atoms with Gasteiger partial charge in [-0.3, -0.25) is 9.59 Å². The third-order valence-corrected chi connectivity index (χ3v) is 10.8. The molecule has 0 bridgehead atoms. The molecule has 0 aliphatic heterocycles. The van der Waals surface area contributed by atoms with E-state index in [9.17, 15) is 14.7 Å². The summed E-state index contributed by atoms with van der Waals surface area (Å²) in [7, 11) is 0. The Kier molecular flexibility index (Phi) is 43.9. The largest absolute Gasteiger partial charge is 0.462 e. The third kappa shape index (κ3) is 43.2. The van der Waals surface area contributed by atoms with Crippen molar-refractivity contribution >= 4 is 11.9 Å². The maximum Gasteiger partial charge on any atom is 0.306 e. The van der Waals surface area contributed by atoms with Crippen LogP contribution in [0.4, 0.5) is 0 Å². The fourth-order valence-corrected chi connectivity index (χ4v) is 7.20. The minimum atomic E-state index is -0.769. The second kappa shape index (κ2) is 45.0. The average Bonchev–Trinajstić information content (AvgIpc) is 3.16. The Morgan fingerprint density at radius 1 is 0.415 bits per heavy atom. The molecule has 0 saturated carbocycles. The Bertz CT molecular complexity index is 765. The van der Waals surface area contributed by atoms with E-state index in [-0.39, 0.29) is 25.2 Å². The fourth-order valence-electron chi connectivity index (χ4n) is 7.20. The van der Waals surface area contributed by atoms with E-state index >= 15 is 0 Å². The molecule has 0 radical (unpaired) electrons. The Hall–Kier alpha value is -1.36. The molecule has 53 heavy (non-hydrogen) atoms. The van der Waals surface area contributed by atoms with E-state index in [0.717, 1.165) is 38.5 Å². The standard InChI is InChI=1S/C48H92O5/c1-3-5-7-9-11-13-15-17-18-19-20-21-22-23-24-25-26-27-28-29-30-31-33-34-36-38-40-42-47(50)52-45-46(44-49)53-48(51)43-41-39-37-35-32-16-14-12-10-8-6-4-2/h12,14,46,49H,3-11,13,15-45H2,1-2H3/b14-12-. The summed E-state index contributed by atoms with van der Waals surface area (Å²) in [6, 6.07) is 0. The van der Waals surface area contributed by atoms with Crippen molar-refractivity contribution in [2.24, 2.45) is 0 Å². The summed E-state index contributed by atoms with van der Waals surface area (Å²) in [5.74, 6) is -0.587. The summed E-state index contributed by atoms with van der Waals surface area (Å²) in [5, 5.41) is 9.57. The minimum Gasteiger partial charge on any atom is -0.462 e. The van der Waals surface area contributed by atoms with E-state index in [4.69, 9.17) is 9.47 Å². The van der Waals surface area contributed by atoms with Crippen molar-refractivity contribution in [1.82, 2.24) is 0 Å². The van der Waals surface area contributed by atoms with Gasteiger partial charge in [0, 0.05) is 12.8 Å². The predicted octanol–water partition coefficient (Wildman–Crippen LogP) is 15.2. The first-order valence-electron chi connectivity index (χ1n) is 23.7. The van der Waals surface area contributed by atoms with Crippen molar-refractivity contribution in [1.29, 1.82) is 0 Å². The molecule has 0 spiro atoms. The van der Waals surface area contributed by atoms with Crippen LogP contribution in [-0.4, -0.2) is 36.4 Å². The number of hydrogen-bond acceptors (Lipinski definition) is 5. The average molecular weight is 749 g/mol. The highest BCUT2D eigenvalue weighted by atomic mass is 16.6. The smallest absolute Gasteiger partial charge is 0.306 e. The molecule has 0 rings (SSSR count). The zero-order valence-corrected chi connectivity index (χ0v) is 35.8. The number of carbonyl (C=O) groups excluding carboxylic acids is 2. The minimum absolute atomic E-state index is 0.0630. The van der Waals surface area contributed by atoms with E-state index in [1.54, 1.807) is 0 Å². The molecule has 1 atom stereocenters. The van der Waals surface area contributed by atoms with Crippen LogP contribution in [0.3, 0.4) is 0 Å². The normalized spacial score (nSPS) is 12.1. The lowest BCUT2D eigenvalue weighted by Crippen LogP contribution is -2.28. The lowest BCUT2D eigenvalue weighted by atomic mass is 10.0. The Labute approximate surface area is 331 Å². The third-order valence-electron chi connectivity index (χ3n) is 10.8. The number of esters is 2. The van der Waals surface area contributed by atoms with Gasteiger partial charge in [0.2, 0.25) is 0 Å². The van der Waals surface area contributed by atoms with E-state index in [0.29, 0.717) is 12.8 Å². The molecule has 0 saturated heterocycles. The zero-order valence-electron chi connectivity index (χ0n) is 35.8. The van der Waals surface area contributed by atoms with E-state index in [2.05, 4.69) is 26.0 Å². The summed E-state index contributed by atoms with van der Waals surface area (Å²) in [6.07, 6.45) is 53.1. The van der Waals surface area contributed by atoms with Crippen LogP contribution in [-0.2, 0) is 19.1 Å². The van der Waals surface area contributed by atoms with Crippen molar-refractivity contribution in [3.63, 3.8) is 0 Å². The molecule has 5 nitrogen and oxygen atoms in total. The Balaban J connectivity index is 3.40. The molecule has 0 aliphatic rings. The number of hydrogen-bond donors (Lipinski definition) is 1. The molecule has 0 aromatic carbocycles. The topological polar surface area (TPSA) is 72.8 Å². The van der Waals surface area contributed by atoms with Gasteiger partial charge in [0.15, 0.2) is 6.10 Å². The van der Waals surface area contributed by atoms with Crippen molar-refractivity contribution in [3.05, 3.63) is 12.2 Å². The van der Waals surface area contributed by atoms with Crippen LogP contribution in [0.5, 0.6) is 0 Å². The van der Waals surface area contributed by atoms with Gasteiger partial charge in [-0.05, 0) is 38.5 Å². The van der Waals surface area contributed by atoms with Gasteiger partial charge in [-0.25, -0.2) is 0 Å². The molecule has 1 unspecified atom stereocenters. The van der Waals surface area contributed by atoms with Crippen molar-refractivity contribution in [2.75, 3.05) is 13.2 Å². The van der Waals surface area contributed by atoms with Gasteiger partial charge < -0.3 is 14.6 Å². The number of ether oxygens (including phenoxy) is 2. The van der Waals surface area contributed by atoms with Gasteiger partial charge in [0.25, 0.3) is 0 Å². The summed E-state index contributed by atoms with van der Waals surface area (Å²) < 4.78 is 10.6. The van der Waals surface area contributed by atoms with Gasteiger partial charge in [0.05, 0.1) is 6.61 Å². The fraction of sp³-hybridized carbons (Fsp3) is 0.917. The number of unbranched alkanes of at least 4 members (excludes halogenated alkanes) is 34. The summed E-state index contributed by atoms with van der Waals surface area (Å²) >= 11 is 0. The Morgan fingerprint density at radius 2 is 0.698 bits per heavy atom. The SMILES string of the molecule is CCCCC/C=C\CCCCCCCC(=O)OC(CO)COC(=O)CCCCCCCCCCCCCCCCCCCCCCCCCCCCC. The lowest BCUT2D eigenvalue weighted by Gasteiger charge is -2.15.